The second kappa shape index (κ2) is 6.87. The van der Waals surface area contributed by atoms with Crippen LogP contribution in [0.3, 0.4) is 0 Å². The molecule has 0 aliphatic rings. The lowest BCUT2D eigenvalue weighted by atomic mass is 9.87. The molecule has 0 aromatic heterocycles. The molecule has 0 heterocycles. The van der Waals surface area contributed by atoms with Crippen LogP contribution in [0.2, 0.25) is 0 Å². The van der Waals surface area contributed by atoms with Crippen molar-refractivity contribution in [3.63, 3.8) is 0 Å². The van der Waals surface area contributed by atoms with Gasteiger partial charge < -0.3 is 0 Å². The maximum Gasteiger partial charge on any atom is 0.0194 e. The molecule has 0 aromatic rings. The minimum absolute atomic E-state index is 0.411. The minimum Gasteiger partial charge on any atom is -0.0885 e. The predicted octanol–water partition coefficient (Wildman–Crippen LogP) is 5.40. The molecule has 0 aliphatic carbocycles. The SMILES string of the molecule is CCC(CC)CCCC(Br)C(C)(C)C. The topological polar surface area (TPSA) is 0 Å². The van der Waals surface area contributed by atoms with Crippen molar-refractivity contribution in [1.82, 2.24) is 0 Å². The van der Waals surface area contributed by atoms with Crippen LogP contribution >= 0.6 is 15.9 Å². The molecular formula is C13H27Br. The molecule has 0 rings (SSSR count). The Morgan fingerprint density at radius 2 is 1.50 bits per heavy atom. The summed E-state index contributed by atoms with van der Waals surface area (Å²) in [6.07, 6.45) is 6.79. The fourth-order valence-electron chi connectivity index (χ4n) is 1.72. The van der Waals surface area contributed by atoms with Crippen molar-refractivity contribution in [1.29, 1.82) is 0 Å². The molecule has 0 amide bonds. The number of alkyl halides is 1. The van der Waals surface area contributed by atoms with Crippen LogP contribution in [0.1, 0.15) is 66.7 Å². The van der Waals surface area contributed by atoms with Gasteiger partial charge in [-0.2, -0.15) is 0 Å². The number of hydrogen-bond donors (Lipinski definition) is 0. The van der Waals surface area contributed by atoms with Crippen LogP contribution in [0.25, 0.3) is 0 Å². The summed E-state index contributed by atoms with van der Waals surface area (Å²) in [7, 11) is 0. The van der Waals surface area contributed by atoms with E-state index >= 15 is 0 Å². The summed E-state index contributed by atoms with van der Waals surface area (Å²) in [5.41, 5.74) is 0.411. The van der Waals surface area contributed by atoms with Gasteiger partial charge in [-0.15, -0.1) is 0 Å². The maximum atomic E-state index is 3.79. The van der Waals surface area contributed by atoms with E-state index in [1.807, 2.05) is 0 Å². The quantitative estimate of drug-likeness (QED) is 0.562. The van der Waals surface area contributed by atoms with E-state index < -0.39 is 0 Å². The largest absolute Gasteiger partial charge is 0.0885 e. The Kier molecular flexibility index (Phi) is 7.11. The molecule has 14 heavy (non-hydrogen) atoms. The van der Waals surface area contributed by atoms with Crippen LogP contribution in [-0.4, -0.2) is 4.83 Å². The monoisotopic (exact) mass is 262 g/mol. The summed E-state index contributed by atoms with van der Waals surface area (Å²) in [6, 6.07) is 0. The zero-order valence-electron chi connectivity index (χ0n) is 10.6. The first kappa shape index (κ1) is 14.5. The molecule has 0 fully saturated rings. The zero-order chi connectivity index (χ0) is 11.2. The first-order chi connectivity index (χ1) is 6.41. The summed E-state index contributed by atoms with van der Waals surface area (Å²) in [5.74, 6) is 0.953. The Balaban J connectivity index is 3.63. The van der Waals surface area contributed by atoms with E-state index in [9.17, 15) is 0 Å². The van der Waals surface area contributed by atoms with E-state index in [2.05, 4.69) is 50.5 Å². The molecule has 1 heteroatoms. The third-order valence-electron chi connectivity index (χ3n) is 3.16. The molecule has 0 aliphatic heterocycles. The normalized spacial score (nSPS) is 14.8. The Morgan fingerprint density at radius 3 is 1.86 bits per heavy atom. The molecule has 0 saturated carbocycles. The molecule has 1 unspecified atom stereocenters. The van der Waals surface area contributed by atoms with E-state index in [-0.39, 0.29) is 0 Å². The van der Waals surface area contributed by atoms with Crippen molar-refractivity contribution in [2.24, 2.45) is 11.3 Å². The van der Waals surface area contributed by atoms with Gasteiger partial charge in [-0.05, 0) is 17.8 Å². The van der Waals surface area contributed by atoms with Gasteiger partial charge in [0.2, 0.25) is 0 Å². The Bertz CT molecular complexity index is 131. The van der Waals surface area contributed by atoms with Crippen LogP contribution in [0.15, 0.2) is 0 Å². The summed E-state index contributed by atoms with van der Waals surface area (Å²) >= 11 is 3.79. The highest BCUT2D eigenvalue weighted by molar-refractivity contribution is 9.09. The fraction of sp³-hybridized carbons (Fsp3) is 1.00. The van der Waals surface area contributed by atoms with Gasteiger partial charge in [0.1, 0.15) is 0 Å². The maximum absolute atomic E-state index is 3.79. The molecule has 0 saturated heterocycles. The van der Waals surface area contributed by atoms with Crippen LogP contribution in [0.4, 0.5) is 0 Å². The van der Waals surface area contributed by atoms with Crippen LogP contribution < -0.4 is 0 Å². The molecule has 0 aromatic carbocycles. The van der Waals surface area contributed by atoms with Gasteiger partial charge in [-0.3, -0.25) is 0 Å². The van der Waals surface area contributed by atoms with Gasteiger partial charge in [0.05, 0.1) is 0 Å². The molecule has 86 valence electrons. The third kappa shape index (κ3) is 6.06. The third-order valence-corrected chi connectivity index (χ3v) is 5.00. The van der Waals surface area contributed by atoms with E-state index in [0.717, 1.165) is 5.92 Å². The van der Waals surface area contributed by atoms with Crippen LogP contribution in [0, 0.1) is 11.3 Å². The van der Waals surface area contributed by atoms with Gasteiger partial charge in [0.15, 0.2) is 0 Å². The highest BCUT2D eigenvalue weighted by Gasteiger charge is 2.21. The van der Waals surface area contributed by atoms with E-state index in [1.165, 1.54) is 32.1 Å². The molecule has 0 radical (unpaired) electrons. The number of halogens is 1. The van der Waals surface area contributed by atoms with Crippen molar-refractivity contribution in [2.75, 3.05) is 0 Å². The molecule has 0 nitrogen and oxygen atoms in total. The first-order valence-corrected chi connectivity index (χ1v) is 6.97. The van der Waals surface area contributed by atoms with Crippen LogP contribution in [-0.2, 0) is 0 Å². The molecule has 1 atom stereocenters. The smallest absolute Gasteiger partial charge is 0.0194 e. The first-order valence-electron chi connectivity index (χ1n) is 6.05. The predicted molar refractivity (Wildman–Crippen MR) is 70.1 cm³/mol. The van der Waals surface area contributed by atoms with Gasteiger partial charge in [0, 0.05) is 4.83 Å². The van der Waals surface area contributed by atoms with Gasteiger partial charge in [-0.25, -0.2) is 0 Å². The highest BCUT2D eigenvalue weighted by Crippen LogP contribution is 2.30. The standard InChI is InChI=1S/C13H27Br/c1-6-11(7-2)9-8-10-12(14)13(3,4)5/h11-12H,6-10H2,1-5H3. The average molecular weight is 263 g/mol. The van der Waals surface area contributed by atoms with Crippen molar-refractivity contribution in [3.8, 4) is 0 Å². The summed E-state index contributed by atoms with van der Waals surface area (Å²) < 4.78 is 0. The number of rotatable bonds is 6. The summed E-state index contributed by atoms with van der Waals surface area (Å²) in [5, 5.41) is 0. The summed E-state index contributed by atoms with van der Waals surface area (Å²) in [6.45, 7) is 11.5. The molecule has 0 spiro atoms. The second-order valence-corrected chi connectivity index (χ2v) is 6.55. The summed E-state index contributed by atoms with van der Waals surface area (Å²) in [4.78, 5) is 0.671. The lowest BCUT2D eigenvalue weighted by Gasteiger charge is -2.26. The zero-order valence-corrected chi connectivity index (χ0v) is 12.2. The van der Waals surface area contributed by atoms with E-state index in [4.69, 9.17) is 0 Å². The van der Waals surface area contributed by atoms with Gasteiger partial charge in [-0.1, -0.05) is 76.2 Å². The van der Waals surface area contributed by atoms with Gasteiger partial charge >= 0.3 is 0 Å². The molecule has 0 N–H and O–H groups in total. The Labute approximate surface area is 99.0 Å². The van der Waals surface area contributed by atoms with Crippen LogP contribution in [0.5, 0.6) is 0 Å². The molecular weight excluding hydrogens is 236 g/mol. The average Bonchev–Trinajstić information content (AvgIpc) is 2.10. The molecule has 0 bridgehead atoms. The Hall–Kier alpha value is 0.480. The van der Waals surface area contributed by atoms with E-state index in [0.29, 0.717) is 10.2 Å². The minimum atomic E-state index is 0.411. The van der Waals surface area contributed by atoms with E-state index in [1.54, 1.807) is 0 Å². The fourth-order valence-corrected chi connectivity index (χ4v) is 2.04. The number of hydrogen-bond acceptors (Lipinski definition) is 0. The lowest BCUT2D eigenvalue weighted by Crippen LogP contribution is -2.20. The van der Waals surface area contributed by atoms with Gasteiger partial charge in [0.25, 0.3) is 0 Å². The second-order valence-electron chi connectivity index (χ2n) is 5.45. The Morgan fingerprint density at radius 1 is 1.00 bits per heavy atom. The van der Waals surface area contributed by atoms with Crippen molar-refractivity contribution < 1.29 is 0 Å². The van der Waals surface area contributed by atoms with Crippen molar-refractivity contribution in [3.05, 3.63) is 0 Å². The lowest BCUT2D eigenvalue weighted by molar-refractivity contribution is 0.359. The van der Waals surface area contributed by atoms with Crippen molar-refractivity contribution >= 4 is 15.9 Å². The highest BCUT2D eigenvalue weighted by atomic mass is 79.9. The van der Waals surface area contributed by atoms with Crippen molar-refractivity contribution in [2.45, 2.75) is 71.5 Å².